The van der Waals surface area contributed by atoms with Crippen LogP contribution < -0.4 is 10.2 Å². The second-order valence-electron chi connectivity index (χ2n) is 7.69. The van der Waals surface area contributed by atoms with Gasteiger partial charge in [-0.3, -0.25) is 4.79 Å². The minimum Gasteiger partial charge on any atom is -0.357 e. The SMILES string of the molecule is CCC(C)N(C)c1ccc2cc(NC(=O)CCc3ccc(C(F)(F)F)cc3)ccc2n1. The number of nitrogens with one attached hydrogen (secondary N) is 1. The summed E-state index contributed by atoms with van der Waals surface area (Å²) in [5, 5.41) is 3.77. The number of pyridine rings is 1. The van der Waals surface area contributed by atoms with Crippen molar-refractivity contribution in [3.63, 3.8) is 0 Å². The molecule has 0 bridgehead atoms. The highest BCUT2D eigenvalue weighted by atomic mass is 19.4. The lowest BCUT2D eigenvalue weighted by Gasteiger charge is -2.25. The van der Waals surface area contributed by atoms with Crippen molar-refractivity contribution < 1.29 is 18.0 Å². The Morgan fingerprint density at radius 3 is 2.45 bits per heavy atom. The largest absolute Gasteiger partial charge is 0.416 e. The van der Waals surface area contributed by atoms with Gasteiger partial charge in [-0.1, -0.05) is 19.1 Å². The molecule has 164 valence electrons. The third-order valence-corrected chi connectivity index (χ3v) is 5.49. The minimum atomic E-state index is -4.36. The van der Waals surface area contributed by atoms with E-state index in [1.54, 1.807) is 6.07 Å². The topological polar surface area (TPSA) is 45.2 Å². The zero-order valence-electron chi connectivity index (χ0n) is 17.8. The van der Waals surface area contributed by atoms with Crippen molar-refractivity contribution in [2.45, 2.75) is 45.3 Å². The zero-order valence-corrected chi connectivity index (χ0v) is 17.8. The van der Waals surface area contributed by atoms with Gasteiger partial charge in [0.1, 0.15) is 5.82 Å². The van der Waals surface area contributed by atoms with Crippen LogP contribution in [0.1, 0.15) is 37.8 Å². The highest BCUT2D eigenvalue weighted by molar-refractivity contribution is 5.94. The van der Waals surface area contributed by atoms with Crippen LogP contribution >= 0.6 is 0 Å². The van der Waals surface area contributed by atoms with Crippen molar-refractivity contribution in [1.29, 1.82) is 0 Å². The minimum absolute atomic E-state index is 0.181. The van der Waals surface area contributed by atoms with Gasteiger partial charge in [-0.05, 0) is 67.8 Å². The summed E-state index contributed by atoms with van der Waals surface area (Å²) in [5.41, 5.74) is 1.50. The molecule has 4 nitrogen and oxygen atoms in total. The van der Waals surface area contributed by atoms with Gasteiger partial charge in [0.15, 0.2) is 0 Å². The summed E-state index contributed by atoms with van der Waals surface area (Å²) >= 11 is 0. The maximum Gasteiger partial charge on any atom is 0.416 e. The molecule has 0 spiro atoms. The van der Waals surface area contributed by atoms with Gasteiger partial charge in [-0.15, -0.1) is 0 Å². The number of hydrogen-bond acceptors (Lipinski definition) is 3. The molecule has 1 amide bonds. The lowest BCUT2D eigenvalue weighted by atomic mass is 10.1. The number of amides is 1. The third-order valence-electron chi connectivity index (χ3n) is 5.49. The monoisotopic (exact) mass is 429 g/mol. The van der Waals surface area contributed by atoms with Crippen molar-refractivity contribution >= 4 is 28.3 Å². The summed E-state index contributed by atoms with van der Waals surface area (Å²) in [6.45, 7) is 4.28. The number of carbonyl (C=O) groups excluding carboxylic acids is 1. The maximum absolute atomic E-state index is 12.6. The molecule has 3 rings (SSSR count). The molecule has 0 aliphatic heterocycles. The summed E-state index contributed by atoms with van der Waals surface area (Å²) in [7, 11) is 2.02. The second kappa shape index (κ2) is 9.37. The number of nitrogens with zero attached hydrogens (tertiary/aromatic N) is 2. The number of carbonyl (C=O) groups is 1. The van der Waals surface area contributed by atoms with Crippen LogP contribution in [0.25, 0.3) is 10.9 Å². The molecule has 31 heavy (non-hydrogen) atoms. The molecule has 0 aliphatic rings. The van der Waals surface area contributed by atoms with Crippen LogP contribution in [0.3, 0.4) is 0 Å². The fourth-order valence-electron chi connectivity index (χ4n) is 3.23. The quantitative estimate of drug-likeness (QED) is 0.497. The summed E-state index contributed by atoms with van der Waals surface area (Å²) in [4.78, 5) is 19.1. The summed E-state index contributed by atoms with van der Waals surface area (Å²) < 4.78 is 37.9. The number of aromatic nitrogens is 1. The molecule has 0 radical (unpaired) electrons. The molecule has 1 aromatic heterocycles. The predicted molar refractivity (Wildman–Crippen MR) is 118 cm³/mol. The van der Waals surface area contributed by atoms with Crippen LogP contribution in [0.4, 0.5) is 24.7 Å². The molecule has 0 fully saturated rings. The lowest BCUT2D eigenvalue weighted by molar-refractivity contribution is -0.137. The van der Waals surface area contributed by atoms with Crippen LogP contribution in [0, 0.1) is 0 Å². The first-order valence-electron chi connectivity index (χ1n) is 10.3. The van der Waals surface area contributed by atoms with E-state index in [0.29, 0.717) is 23.7 Å². The fraction of sp³-hybridized carbons (Fsp3) is 0.333. The predicted octanol–water partition coefficient (Wildman–Crippen LogP) is 6.06. The standard InChI is InChI=1S/C24H26F3N3O/c1-4-16(2)30(3)22-13-8-18-15-20(11-12-21(18)29-22)28-23(31)14-7-17-5-9-19(10-6-17)24(25,26)27/h5-6,8-13,15-16H,4,7,14H2,1-3H3,(H,28,31). The van der Waals surface area contributed by atoms with E-state index in [1.807, 2.05) is 31.3 Å². The molecular weight excluding hydrogens is 403 g/mol. The third kappa shape index (κ3) is 5.75. The summed E-state index contributed by atoms with van der Waals surface area (Å²) in [6, 6.07) is 14.8. The molecule has 7 heteroatoms. The average molecular weight is 429 g/mol. The van der Waals surface area contributed by atoms with E-state index in [0.717, 1.165) is 35.3 Å². The van der Waals surface area contributed by atoms with Crippen LogP contribution in [-0.2, 0) is 17.4 Å². The first kappa shape index (κ1) is 22.6. The Morgan fingerprint density at radius 2 is 1.81 bits per heavy atom. The van der Waals surface area contributed by atoms with Crippen LogP contribution in [0.2, 0.25) is 0 Å². The Morgan fingerprint density at radius 1 is 1.10 bits per heavy atom. The van der Waals surface area contributed by atoms with Crippen LogP contribution in [0.5, 0.6) is 0 Å². The fourth-order valence-corrected chi connectivity index (χ4v) is 3.23. The van der Waals surface area contributed by atoms with Crippen LogP contribution in [-0.4, -0.2) is 24.0 Å². The number of hydrogen-bond donors (Lipinski definition) is 1. The van der Waals surface area contributed by atoms with E-state index in [1.165, 1.54) is 12.1 Å². The molecule has 1 N–H and O–H groups in total. The van der Waals surface area contributed by atoms with Crippen molar-refractivity contribution in [2.75, 3.05) is 17.3 Å². The number of fused-ring (bicyclic) bond motifs is 1. The summed E-state index contributed by atoms with van der Waals surface area (Å²) in [5.74, 6) is 0.704. The van der Waals surface area contributed by atoms with Gasteiger partial charge in [0.2, 0.25) is 5.91 Å². The van der Waals surface area contributed by atoms with Gasteiger partial charge >= 0.3 is 6.18 Å². The van der Waals surface area contributed by atoms with Crippen molar-refractivity contribution in [2.24, 2.45) is 0 Å². The molecule has 0 aliphatic carbocycles. The van der Waals surface area contributed by atoms with Crippen molar-refractivity contribution in [1.82, 2.24) is 4.98 Å². The van der Waals surface area contributed by atoms with Crippen LogP contribution in [0.15, 0.2) is 54.6 Å². The highest BCUT2D eigenvalue weighted by Crippen LogP contribution is 2.29. The molecule has 1 heterocycles. The molecular formula is C24H26F3N3O. The van der Waals surface area contributed by atoms with Gasteiger partial charge in [0, 0.05) is 30.6 Å². The molecule has 3 aromatic rings. The van der Waals surface area contributed by atoms with Crippen molar-refractivity contribution in [3.05, 3.63) is 65.7 Å². The Hall–Kier alpha value is -3.09. The van der Waals surface area contributed by atoms with Gasteiger partial charge in [0.05, 0.1) is 11.1 Å². The van der Waals surface area contributed by atoms with E-state index in [-0.39, 0.29) is 12.3 Å². The molecule has 0 saturated carbocycles. The lowest BCUT2D eigenvalue weighted by Crippen LogP contribution is -2.28. The maximum atomic E-state index is 12.6. The van der Waals surface area contributed by atoms with E-state index in [9.17, 15) is 18.0 Å². The van der Waals surface area contributed by atoms with Crippen molar-refractivity contribution in [3.8, 4) is 0 Å². The molecule has 1 unspecified atom stereocenters. The van der Waals surface area contributed by atoms with Gasteiger partial charge in [0.25, 0.3) is 0 Å². The smallest absolute Gasteiger partial charge is 0.357 e. The average Bonchev–Trinajstić information content (AvgIpc) is 2.76. The molecule has 1 atom stereocenters. The number of halogens is 3. The Bertz CT molecular complexity index is 1050. The van der Waals surface area contributed by atoms with E-state index in [4.69, 9.17) is 4.98 Å². The Labute approximate surface area is 180 Å². The molecule has 2 aromatic carbocycles. The number of anilines is 2. The second-order valence-corrected chi connectivity index (χ2v) is 7.69. The number of aryl methyl sites for hydroxylation is 1. The number of benzene rings is 2. The highest BCUT2D eigenvalue weighted by Gasteiger charge is 2.29. The van der Waals surface area contributed by atoms with Gasteiger partial charge < -0.3 is 10.2 Å². The first-order valence-corrected chi connectivity index (χ1v) is 10.3. The zero-order chi connectivity index (χ0) is 22.6. The van der Waals surface area contributed by atoms with E-state index in [2.05, 4.69) is 24.1 Å². The normalized spacial score (nSPS) is 12.6. The Kier molecular flexibility index (Phi) is 6.83. The number of rotatable bonds is 7. The Balaban J connectivity index is 1.61. The number of alkyl halides is 3. The summed E-state index contributed by atoms with van der Waals surface area (Å²) in [6.07, 6.45) is -2.79. The van der Waals surface area contributed by atoms with E-state index < -0.39 is 11.7 Å². The molecule has 0 saturated heterocycles. The first-order chi connectivity index (χ1) is 14.7. The van der Waals surface area contributed by atoms with Gasteiger partial charge in [-0.25, -0.2) is 4.98 Å². The van der Waals surface area contributed by atoms with E-state index >= 15 is 0 Å². The van der Waals surface area contributed by atoms with Gasteiger partial charge in [-0.2, -0.15) is 13.2 Å².